The zero-order valence-corrected chi connectivity index (χ0v) is 19.3. The molecule has 0 saturated carbocycles. The first-order chi connectivity index (χ1) is 15.7. The summed E-state index contributed by atoms with van der Waals surface area (Å²) in [6.45, 7) is 5.85. The van der Waals surface area contributed by atoms with Gasteiger partial charge in [-0.25, -0.2) is 0 Å². The summed E-state index contributed by atoms with van der Waals surface area (Å²) >= 11 is 1.58. The lowest BCUT2D eigenvalue weighted by Crippen LogP contribution is -2.48. The summed E-state index contributed by atoms with van der Waals surface area (Å²) in [5.41, 5.74) is 1.40. The van der Waals surface area contributed by atoms with E-state index in [1.54, 1.807) is 23.3 Å². The smallest absolute Gasteiger partial charge is 0.254 e. The number of amides is 2. The number of morpholine rings is 1. The van der Waals surface area contributed by atoms with Gasteiger partial charge in [-0.15, -0.1) is 11.3 Å². The number of carbonyl (C=O) groups is 2. The third-order valence-electron chi connectivity index (χ3n) is 6.15. The zero-order valence-electron chi connectivity index (χ0n) is 18.5. The summed E-state index contributed by atoms with van der Waals surface area (Å²) in [6.07, 6.45) is 0.885. The van der Waals surface area contributed by atoms with Crippen LogP contribution in [0.1, 0.15) is 39.2 Å². The molecule has 3 heterocycles. The lowest BCUT2D eigenvalue weighted by Gasteiger charge is -2.41. The normalized spacial score (nSPS) is 21.4. The molecule has 0 bridgehead atoms. The number of fused-ring (bicyclic) bond motifs is 1. The van der Waals surface area contributed by atoms with E-state index in [-0.39, 0.29) is 17.9 Å². The van der Waals surface area contributed by atoms with Crippen LogP contribution in [0.2, 0.25) is 0 Å². The minimum absolute atomic E-state index is 0.0345. The largest absolute Gasteiger partial charge is 0.383 e. The number of rotatable bonds is 9. The molecule has 1 saturated heterocycles. The molecule has 0 radical (unpaired) electrons. The molecule has 2 amide bonds. The average Bonchev–Trinajstić information content (AvgIpc) is 3.36. The molecule has 32 heavy (non-hydrogen) atoms. The van der Waals surface area contributed by atoms with Gasteiger partial charge in [0.15, 0.2) is 0 Å². The van der Waals surface area contributed by atoms with Crippen LogP contribution in [0, 0.1) is 0 Å². The Labute approximate surface area is 193 Å². The molecule has 2 unspecified atom stereocenters. The van der Waals surface area contributed by atoms with Crippen LogP contribution in [-0.4, -0.2) is 81.3 Å². The number of carbonyl (C=O) groups excluding carboxylic acids is 2. The molecule has 172 valence electrons. The predicted molar refractivity (Wildman–Crippen MR) is 124 cm³/mol. The number of methoxy groups -OCH3 is 1. The van der Waals surface area contributed by atoms with Gasteiger partial charge in [-0.1, -0.05) is 24.3 Å². The van der Waals surface area contributed by atoms with Crippen molar-refractivity contribution in [3.63, 3.8) is 0 Å². The van der Waals surface area contributed by atoms with Gasteiger partial charge in [-0.2, -0.15) is 0 Å². The summed E-state index contributed by atoms with van der Waals surface area (Å²) in [5.74, 6) is -0.539. The van der Waals surface area contributed by atoms with Crippen LogP contribution in [0.25, 0.3) is 0 Å². The van der Waals surface area contributed by atoms with Crippen molar-refractivity contribution in [3.05, 3.63) is 57.8 Å². The van der Waals surface area contributed by atoms with Crippen LogP contribution < -0.4 is 5.32 Å². The van der Waals surface area contributed by atoms with E-state index in [0.29, 0.717) is 25.3 Å². The fourth-order valence-electron chi connectivity index (χ4n) is 4.54. The van der Waals surface area contributed by atoms with Crippen molar-refractivity contribution in [2.45, 2.75) is 18.4 Å². The van der Waals surface area contributed by atoms with E-state index in [4.69, 9.17) is 9.47 Å². The second-order valence-corrected chi connectivity index (χ2v) is 9.09. The molecule has 1 N–H and O–H groups in total. The van der Waals surface area contributed by atoms with Crippen LogP contribution in [0.15, 0.2) is 41.8 Å². The highest BCUT2D eigenvalue weighted by atomic mass is 32.1. The summed E-state index contributed by atoms with van der Waals surface area (Å²) in [4.78, 5) is 32.1. The second-order valence-electron chi connectivity index (χ2n) is 8.12. The Morgan fingerprint density at radius 3 is 2.75 bits per heavy atom. The first kappa shape index (κ1) is 22.9. The summed E-state index contributed by atoms with van der Waals surface area (Å²) < 4.78 is 10.7. The quantitative estimate of drug-likeness (QED) is 0.586. The van der Waals surface area contributed by atoms with E-state index in [2.05, 4.69) is 10.2 Å². The molecule has 1 fully saturated rings. The standard InChI is InChI=1S/C24H31N3O4S/c1-30-14-13-27-22(20-8-4-17-32-20)21(18-6-2-3-7-19(18)24(27)29)23(28)25-9-5-10-26-11-15-31-16-12-26/h2-4,6-8,17,21-22H,5,9-16H2,1H3,(H,25,28). The maximum atomic E-state index is 13.5. The van der Waals surface area contributed by atoms with Crippen molar-refractivity contribution in [2.24, 2.45) is 0 Å². The summed E-state index contributed by atoms with van der Waals surface area (Å²) in [7, 11) is 1.63. The van der Waals surface area contributed by atoms with Gasteiger partial charge in [-0.3, -0.25) is 14.5 Å². The van der Waals surface area contributed by atoms with Gasteiger partial charge in [0.05, 0.1) is 31.8 Å². The average molecular weight is 458 g/mol. The predicted octanol–water partition coefficient (Wildman–Crippen LogP) is 2.51. The number of nitrogens with zero attached hydrogens (tertiary/aromatic N) is 2. The van der Waals surface area contributed by atoms with Crippen molar-refractivity contribution in [3.8, 4) is 0 Å². The van der Waals surface area contributed by atoms with Gasteiger partial charge < -0.3 is 19.7 Å². The Kier molecular flexibility index (Phi) is 7.91. The Balaban J connectivity index is 1.54. The van der Waals surface area contributed by atoms with Crippen LogP contribution in [0.4, 0.5) is 0 Å². The lowest BCUT2D eigenvalue weighted by molar-refractivity contribution is -0.124. The molecular formula is C24H31N3O4S. The Morgan fingerprint density at radius 1 is 1.19 bits per heavy atom. The molecular weight excluding hydrogens is 426 g/mol. The highest BCUT2D eigenvalue weighted by Gasteiger charge is 2.44. The number of benzene rings is 1. The van der Waals surface area contributed by atoms with Gasteiger partial charge in [0.25, 0.3) is 5.91 Å². The van der Waals surface area contributed by atoms with E-state index in [0.717, 1.165) is 49.7 Å². The lowest BCUT2D eigenvalue weighted by atomic mass is 9.81. The van der Waals surface area contributed by atoms with Gasteiger partial charge in [0.1, 0.15) is 0 Å². The number of hydrogen-bond donors (Lipinski definition) is 1. The molecule has 2 aliphatic rings. The number of thiophene rings is 1. The highest BCUT2D eigenvalue weighted by Crippen LogP contribution is 2.44. The molecule has 8 heteroatoms. The summed E-state index contributed by atoms with van der Waals surface area (Å²) in [6, 6.07) is 11.1. The summed E-state index contributed by atoms with van der Waals surface area (Å²) in [5, 5.41) is 5.15. The van der Waals surface area contributed by atoms with Gasteiger partial charge >= 0.3 is 0 Å². The van der Waals surface area contributed by atoms with Crippen molar-refractivity contribution >= 4 is 23.2 Å². The van der Waals surface area contributed by atoms with Gasteiger partial charge in [-0.05, 0) is 36.0 Å². The second kappa shape index (κ2) is 11.0. The maximum absolute atomic E-state index is 13.5. The van der Waals surface area contributed by atoms with Crippen molar-refractivity contribution < 1.29 is 19.1 Å². The Morgan fingerprint density at radius 2 is 2.00 bits per heavy atom. The maximum Gasteiger partial charge on any atom is 0.254 e. The van der Waals surface area contributed by atoms with E-state index in [1.165, 1.54) is 0 Å². The number of ether oxygens (including phenoxy) is 2. The van der Waals surface area contributed by atoms with E-state index >= 15 is 0 Å². The number of nitrogens with one attached hydrogen (secondary N) is 1. The number of hydrogen-bond acceptors (Lipinski definition) is 6. The SMILES string of the molecule is COCCN1C(=O)c2ccccc2C(C(=O)NCCCN2CCOCC2)C1c1cccs1. The Bertz CT molecular complexity index is 898. The molecule has 2 atom stereocenters. The first-order valence-electron chi connectivity index (χ1n) is 11.2. The van der Waals surface area contributed by atoms with Gasteiger partial charge in [0, 0.05) is 43.7 Å². The fraction of sp³-hybridized carbons (Fsp3) is 0.500. The van der Waals surface area contributed by atoms with Crippen molar-refractivity contribution in [1.29, 1.82) is 0 Å². The van der Waals surface area contributed by atoms with Crippen LogP contribution in [0.3, 0.4) is 0 Å². The molecule has 1 aromatic heterocycles. The first-order valence-corrected chi connectivity index (χ1v) is 12.1. The Hall–Kier alpha value is -2.26. The minimum Gasteiger partial charge on any atom is -0.383 e. The van der Waals surface area contributed by atoms with E-state index in [9.17, 15) is 9.59 Å². The molecule has 2 aromatic rings. The van der Waals surface area contributed by atoms with E-state index in [1.807, 2.05) is 41.8 Å². The van der Waals surface area contributed by atoms with Crippen LogP contribution in [-0.2, 0) is 14.3 Å². The topological polar surface area (TPSA) is 71.1 Å². The molecule has 1 aromatic carbocycles. The zero-order chi connectivity index (χ0) is 22.3. The van der Waals surface area contributed by atoms with E-state index < -0.39 is 5.92 Å². The minimum atomic E-state index is -0.456. The molecule has 0 spiro atoms. The van der Waals surface area contributed by atoms with Crippen LogP contribution >= 0.6 is 11.3 Å². The monoisotopic (exact) mass is 457 g/mol. The molecule has 2 aliphatic heterocycles. The highest BCUT2D eigenvalue weighted by molar-refractivity contribution is 7.10. The third kappa shape index (κ3) is 5.04. The molecule has 4 rings (SSSR count). The van der Waals surface area contributed by atoms with Crippen molar-refractivity contribution in [1.82, 2.24) is 15.1 Å². The molecule has 7 nitrogen and oxygen atoms in total. The van der Waals surface area contributed by atoms with Gasteiger partial charge in [0.2, 0.25) is 5.91 Å². The van der Waals surface area contributed by atoms with Crippen molar-refractivity contribution in [2.75, 3.05) is 59.7 Å². The van der Waals surface area contributed by atoms with Crippen LogP contribution in [0.5, 0.6) is 0 Å². The third-order valence-corrected chi connectivity index (χ3v) is 7.09. The fourth-order valence-corrected chi connectivity index (χ4v) is 5.41. The molecule has 0 aliphatic carbocycles.